The van der Waals surface area contributed by atoms with Gasteiger partial charge in [-0.2, -0.15) is 0 Å². The van der Waals surface area contributed by atoms with Gasteiger partial charge in [0.1, 0.15) is 0 Å². The van der Waals surface area contributed by atoms with Gasteiger partial charge in [0.15, 0.2) is 5.69 Å². The molecule has 6 nitrogen and oxygen atoms in total. The van der Waals surface area contributed by atoms with Crippen molar-refractivity contribution in [2.75, 3.05) is 5.32 Å². The van der Waals surface area contributed by atoms with Crippen LogP contribution in [0.25, 0.3) is 0 Å². The number of aromatic amines is 1. The quantitative estimate of drug-likeness (QED) is 0.259. The van der Waals surface area contributed by atoms with Crippen LogP contribution in [0.2, 0.25) is 0 Å². The topological polar surface area (TPSA) is 95.1 Å². The first kappa shape index (κ1) is 13.4. The number of carbonyl (C=O) groups is 1. The summed E-state index contributed by atoms with van der Waals surface area (Å²) in [4.78, 5) is 27.2. The molecule has 0 saturated heterocycles. The number of aromatic nitrogens is 2. The Morgan fingerprint density at radius 3 is 2.64 bits per heavy atom. The summed E-state index contributed by atoms with van der Waals surface area (Å²) in [5.74, 6) is -1.05. The van der Waals surface area contributed by atoms with Crippen LogP contribution in [0.1, 0.15) is 6.92 Å². The van der Waals surface area contributed by atoms with E-state index in [0.29, 0.717) is 0 Å². The Hall–Kier alpha value is -0.630. The normalized spacial score (nSPS) is 8.93. The predicted octanol–water partition coefficient (Wildman–Crippen LogP) is -3.66. The predicted molar refractivity (Wildman–Crippen MR) is 46.5 cm³/mol. The molecular formula is C6H6N3NaO3S. The molecule has 0 saturated carbocycles. The van der Waals surface area contributed by atoms with Crippen LogP contribution in [-0.4, -0.2) is 21.0 Å². The molecule has 0 radical (unpaired) electrons. The summed E-state index contributed by atoms with van der Waals surface area (Å²) in [6.45, 7) is 1.21. The molecule has 0 aliphatic heterocycles. The maximum atomic E-state index is 11.1. The minimum atomic E-state index is -0.673. The number of H-pyrrole nitrogens is 1. The van der Waals surface area contributed by atoms with E-state index < -0.39 is 17.3 Å². The third-order valence-corrected chi connectivity index (χ3v) is 1.37. The fourth-order valence-corrected chi connectivity index (χ4v) is 0.909. The van der Waals surface area contributed by atoms with Gasteiger partial charge in [-0.3, -0.25) is 9.59 Å². The molecule has 0 fully saturated rings. The maximum Gasteiger partial charge on any atom is 1.00 e. The van der Waals surface area contributed by atoms with E-state index in [4.69, 9.17) is 5.11 Å². The Labute approximate surface area is 107 Å². The second-order valence-electron chi connectivity index (χ2n) is 2.25. The number of aromatic hydroxyl groups is 1. The minimum absolute atomic E-state index is 0. The zero-order chi connectivity index (χ0) is 10.0. The number of hydrogen-bond donors (Lipinski definition) is 3. The fourth-order valence-electron chi connectivity index (χ4n) is 0.730. The van der Waals surface area contributed by atoms with Gasteiger partial charge in [-0.05, 0) is 5.16 Å². The molecule has 1 aromatic heterocycles. The van der Waals surface area contributed by atoms with Gasteiger partial charge in [0.2, 0.25) is 11.8 Å². The third-order valence-electron chi connectivity index (χ3n) is 1.18. The average Bonchev–Trinajstić information content (AvgIpc) is 1.96. The van der Waals surface area contributed by atoms with Crippen LogP contribution in [0.4, 0.5) is 5.69 Å². The van der Waals surface area contributed by atoms with Crippen LogP contribution in [-0.2, 0) is 17.4 Å². The van der Waals surface area contributed by atoms with E-state index in [1.165, 1.54) is 6.92 Å². The van der Waals surface area contributed by atoms with Crippen molar-refractivity contribution in [3.63, 3.8) is 0 Å². The molecule has 0 aromatic carbocycles. The van der Waals surface area contributed by atoms with E-state index in [2.05, 4.69) is 27.9 Å². The number of nitrogens with zero attached hydrogens (tertiary/aromatic N) is 1. The van der Waals surface area contributed by atoms with E-state index in [1.54, 1.807) is 0 Å². The second-order valence-corrected chi connectivity index (χ2v) is 2.64. The summed E-state index contributed by atoms with van der Waals surface area (Å²) in [6.07, 6.45) is 0. The van der Waals surface area contributed by atoms with Gasteiger partial charge >= 0.3 is 29.6 Å². The van der Waals surface area contributed by atoms with Gasteiger partial charge in [-0.15, -0.1) is 0 Å². The summed E-state index contributed by atoms with van der Waals surface area (Å²) in [7, 11) is 0. The van der Waals surface area contributed by atoms with E-state index in [-0.39, 0.29) is 40.4 Å². The van der Waals surface area contributed by atoms with E-state index >= 15 is 0 Å². The van der Waals surface area contributed by atoms with Crippen LogP contribution in [0, 0.1) is 0 Å². The van der Waals surface area contributed by atoms with Gasteiger partial charge in [0.05, 0.1) is 0 Å². The number of anilines is 1. The van der Waals surface area contributed by atoms with E-state index in [0.717, 1.165) is 0 Å². The molecule has 0 unspecified atom stereocenters. The Morgan fingerprint density at radius 1 is 1.64 bits per heavy atom. The Balaban J connectivity index is 0.00000169. The molecule has 0 aliphatic rings. The number of nitrogens with one attached hydrogen (secondary N) is 2. The Bertz CT molecular complexity index is 406. The van der Waals surface area contributed by atoms with Crippen LogP contribution >= 0.6 is 0 Å². The van der Waals surface area contributed by atoms with E-state index in [1.807, 2.05) is 0 Å². The Morgan fingerprint density at radius 2 is 2.21 bits per heavy atom. The number of amides is 1. The molecule has 14 heavy (non-hydrogen) atoms. The first-order valence-electron chi connectivity index (χ1n) is 3.28. The first-order valence-corrected chi connectivity index (χ1v) is 3.69. The number of hydrogen-bond acceptors (Lipinski definition) is 5. The van der Waals surface area contributed by atoms with Crippen molar-refractivity contribution in [1.82, 2.24) is 9.97 Å². The van der Waals surface area contributed by atoms with Crippen LogP contribution in [0.3, 0.4) is 0 Å². The fraction of sp³-hybridized carbons (Fsp3) is 0.167. The maximum absolute atomic E-state index is 11.1. The third kappa shape index (κ3) is 3.26. The van der Waals surface area contributed by atoms with Gasteiger partial charge in [0, 0.05) is 6.92 Å². The Kier molecular flexibility index (Phi) is 5.06. The van der Waals surface area contributed by atoms with Crippen molar-refractivity contribution in [3.05, 3.63) is 10.4 Å². The van der Waals surface area contributed by atoms with Crippen LogP contribution in [0.5, 0.6) is 5.88 Å². The van der Waals surface area contributed by atoms with Gasteiger partial charge in [-0.1, -0.05) is 0 Å². The zero-order valence-electron chi connectivity index (χ0n) is 7.62. The van der Waals surface area contributed by atoms with E-state index in [9.17, 15) is 9.59 Å². The summed E-state index contributed by atoms with van der Waals surface area (Å²) >= 11 is 4.52. The summed E-state index contributed by atoms with van der Waals surface area (Å²) in [5.41, 5.74) is -0.964. The molecule has 0 atom stereocenters. The minimum Gasteiger partial charge on any atom is -0.742 e. The number of rotatable bonds is 1. The summed E-state index contributed by atoms with van der Waals surface area (Å²) < 4.78 is 0. The van der Waals surface area contributed by atoms with Crippen molar-refractivity contribution in [2.24, 2.45) is 0 Å². The molecule has 0 aliphatic carbocycles. The summed E-state index contributed by atoms with van der Waals surface area (Å²) in [5, 5.41) is 11.1. The smallest absolute Gasteiger partial charge is 0.742 e. The monoisotopic (exact) mass is 223 g/mol. The number of carbonyl (C=O) groups excluding carboxylic acids is 1. The van der Waals surface area contributed by atoms with Crippen molar-refractivity contribution in [2.45, 2.75) is 12.1 Å². The molecule has 1 aromatic rings. The van der Waals surface area contributed by atoms with Crippen molar-refractivity contribution in [1.29, 1.82) is 0 Å². The van der Waals surface area contributed by atoms with Crippen molar-refractivity contribution >= 4 is 24.2 Å². The summed E-state index contributed by atoms with van der Waals surface area (Å²) in [6, 6.07) is 0. The SMILES string of the molecule is CC(=O)Nc1c(O)nc([S-])[nH]c1=O.[Na+]. The van der Waals surface area contributed by atoms with Crippen LogP contribution < -0.4 is 40.4 Å². The molecule has 0 spiro atoms. The van der Waals surface area contributed by atoms with Crippen molar-refractivity contribution in [3.8, 4) is 5.88 Å². The largest absolute Gasteiger partial charge is 1.00 e. The molecule has 1 rings (SSSR count). The molecule has 1 amide bonds. The average molecular weight is 223 g/mol. The second kappa shape index (κ2) is 5.30. The van der Waals surface area contributed by atoms with Crippen LogP contribution in [0.15, 0.2) is 9.95 Å². The molecule has 0 bridgehead atoms. The van der Waals surface area contributed by atoms with Crippen molar-refractivity contribution < 1.29 is 39.5 Å². The molecule has 70 valence electrons. The first-order chi connectivity index (χ1) is 6.00. The molecule has 3 N–H and O–H groups in total. The van der Waals surface area contributed by atoms with Gasteiger partial charge < -0.3 is 28.0 Å². The van der Waals surface area contributed by atoms with Gasteiger partial charge in [0.25, 0.3) is 5.56 Å². The zero-order valence-corrected chi connectivity index (χ0v) is 10.4. The van der Waals surface area contributed by atoms with Gasteiger partial charge in [-0.25, -0.2) is 4.98 Å². The molecular weight excluding hydrogens is 217 g/mol. The molecule has 1 heterocycles. The standard InChI is InChI=1S/C6H7N3O3S.Na/c1-2(10)7-3-4(11)8-6(13)9-5(3)12;/h1H3,(H,7,10)(H3,8,9,11,12,13);/q;+1/p-1. The molecule has 8 heteroatoms.